The molecule has 0 radical (unpaired) electrons. The number of carbonyl (C=O) groups excluding carboxylic acids is 1. The van der Waals surface area contributed by atoms with Gasteiger partial charge in [0.05, 0.1) is 5.57 Å². The second-order valence-electron chi connectivity index (χ2n) is 2.28. The molecule has 0 saturated carbocycles. The van der Waals surface area contributed by atoms with Crippen molar-refractivity contribution in [3.63, 3.8) is 0 Å². The zero-order valence-corrected chi connectivity index (χ0v) is 6.19. The average molecular weight is 162 g/mol. The SMILES string of the molecule is O=C1NCN=C2N=NC=CC=C12. The molecule has 0 unspecified atom stereocenters. The van der Waals surface area contributed by atoms with Crippen LogP contribution in [0.3, 0.4) is 0 Å². The maximum Gasteiger partial charge on any atom is 0.256 e. The fourth-order valence-electron chi connectivity index (χ4n) is 0.970. The Bertz CT molecular complexity index is 337. The number of aliphatic imine (C=N–C) groups is 1. The molecule has 1 N–H and O–H groups in total. The minimum Gasteiger partial charge on any atom is -0.333 e. The lowest BCUT2D eigenvalue weighted by Crippen LogP contribution is -2.32. The normalized spacial score (nSPS) is 20.5. The van der Waals surface area contributed by atoms with Crippen molar-refractivity contribution in [1.29, 1.82) is 0 Å². The third-order valence-electron chi connectivity index (χ3n) is 1.52. The van der Waals surface area contributed by atoms with Crippen LogP contribution in [0.5, 0.6) is 0 Å². The van der Waals surface area contributed by atoms with E-state index in [0.717, 1.165) is 0 Å². The lowest BCUT2D eigenvalue weighted by atomic mass is 10.2. The number of amides is 1. The van der Waals surface area contributed by atoms with Gasteiger partial charge in [-0.25, -0.2) is 4.99 Å². The largest absolute Gasteiger partial charge is 0.333 e. The summed E-state index contributed by atoms with van der Waals surface area (Å²) in [5, 5.41) is 10.0. The molecule has 5 heteroatoms. The lowest BCUT2D eigenvalue weighted by molar-refractivity contribution is -0.117. The minimum atomic E-state index is -0.148. The zero-order chi connectivity index (χ0) is 8.39. The molecule has 0 fully saturated rings. The lowest BCUT2D eigenvalue weighted by Gasteiger charge is -2.10. The predicted molar refractivity (Wildman–Crippen MR) is 42.5 cm³/mol. The quantitative estimate of drug-likeness (QED) is 0.549. The van der Waals surface area contributed by atoms with Gasteiger partial charge in [-0.1, -0.05) is 0 Å². The van der Waals surface area contributed by atoms with Crippen LogP contribution in [0.15, 0.2) is 39.1 Å². The summed E-state index contributed by atoms with van der Waals surface area (Å²) in [4.78, 5) is 15.2. The summed E-state index contributed by atoms with van der Waals surface area (Å²) in [7, 11) is 0. The van der Waals surface area contributed by atoms with Gasteiger partial charge in [-0.2, -0.15) is 5.11 Å². The maximum absolute atomic E-state index is 11.2. The highest BCUT2D eigenvalue weighted by Crippen LogP contribution is 2.08. The molecule has 0 saturated heterocycles. The second kappa shape index (κ2) is 2.69. The van der Waals surface area contributed by atoms with Gasteiger partial charge in [0.15, 0.2) is 5.84 Å². The van der Waals surface area contributed by atoms with Gasteiger partial charge in [-0.3, -0.25) is 4.79 Å². The van der Waals surface area contributed by atoms with E-state index in [9.17, 15) is 4.79 Å². The summed E-state index contributed by atoms with van der Waals surface area (Å²) >= 11 is 0. The predicted octanol–water partition coefficient (Wildman–Crippen LogP) is 0.378. The van der Waals surface area contributed by atoms with E-state index in [-0.39, 0.29) is 12.6 Å². The summed E-state index contributed by atoms with van der Waals surface area (Å²) in [6, 6.07) is 0. The number of azo groups is 1. The van der Waals surface area contributed by atoms with E-state index in [1.54, 1.807) is 12.2 Å². The molecule has 12 heavy (non-hydrogen) atoms. The van der Waals surface area contributed by atoms with Gasteiger partial charge in [0.1, 0.15) is 6.67 Å². The zero-order valence-electron chi connectivity index (χ0n) is 6.19. The first-order chi connectivity index (χ1) is 5.88. The van der Waals surface area contributed by atoms with Gasteiger partial charge in [0, 0.05) is 6.20 Å². The van der Waals surface area contributed by atoms with E-state index in [2.05, 4.69) is 20.5 Å². The highest BCUT2D eigenvalue weighted by atomic mass is 16.1. The molecule has 2 aliphatic rings. The number of allylic oxidation sites excluding steroid dienone is 2. The number of hydrogen-bond acceptors (Lipinski definition) is 4. The smallest absolute Gasteiger partial charge is 0.256 e. The molecular weight excluding hydrogens is 156 g/mol. The molecule has 2 aliphatic heterocycles. The van der Waals surface area contributed by atoms with Gasteiger partial charge in [-0.15, -0.1) is 5.11 Å². The molecule has 1 amide bonds. The average Bonchev–Trinajstić information content (AvgIpc) is 2.30. The van der Waals surface area contributed by atoms with Crippen molar-refractivity contribution in [1.82, 2.24) is 5.32 Å². The van der Waals surface area contributed by atoms with Crippen LogP contribution in [0.25, 0.3) is 0 Å². The van der Waals surface area contributed by atoms with E-state index in [1.807, 2.05) is 0 Å². The molecule has 0 atom stereocenters. The number of amidine groups is 1. The van der Waals surface area contributed by atoms with Gasteiger partial charge in [0.2, 0.25) is 0 Å². The molecule has 2 rings (SSSR count). The first-order valence-electron chi connectivity index (χ1n) is 3.48. The van der Waals surface area contributed by atoms with Gasteiger partial charge >= 0.3 is 0 Å². The van der Waals surface area contributed by atoms with Crippen LogP contribution in [-0.2, 0) is 4.79 Å². The van der Waals surface area contributed by atoms with Gasteiger partial charge in [0.25, 0.3) is 5.91 Å². The summed E-state index contributed by atoms with van der Waals surface area (Å²) in [6.45, 7) is 0.282. The highest BCUT2D eigenvalue weighted by molar-refractivity contribution is 6.22. The monoisotopic (exact) mass is 162 g/mol. The molecule has 0 aromatic carbocycles. The van der Waals surface area contributed by atoms with Crippen LogP contribution < -0.4 is 5.32 Å². The van der Waals surface area contributed by atoms with Crippen LogP contribution in [-0.4, -0.2) is 18.4 Å². The van der Waals surface area contributed by atoms with Crippen LogP contribution in [0.4, 0.5) is 0 Å². The number of carbonyl (C=O) groups is 1. The molecule has 0 aliphatic carbocycles. The molecule has 2 heterocycles. The Hall–Kier alpha value is -1.78. The molecule has 5 nitrogen and oxygen atoms in total. The van der Waals surface area contributed by atoms with E-state index in [1.165, 1.54) is 6.20 Å². The van der Waals surface area contributed by atoms with Crippen LogP contribution in [0.1, 0.15) is 0 Å². The highest BCUT2D eigenvalue weighted by Gasteiger charge is 2.19. The van der Waals surface area contributed by atoms with Crippen molar-refractivity contribution in [3.05, 3.63) is 23.9 Å². The third-order valence-corrected chi connectivity index (χ3v) is 1.52. The van der Waals surface area contributed by atoms with E-state index >= 15 is 0 Å². The number of hydrogen-bond donors (Lipinski definition) is 1. The summed E-state index contributed by atoms with van der Waals surface area (Å²) in [5.41, 5.74) is 0.471. The Morgan fingerprint density at radius 3 is 3.33 bits per heavy atom. The van der Waals surface area contributed by atoms with Crippen LogP contribution >= 0.6 is 0 Å². The van der Waals surface area contributed by atoms with Crippen LogP contribution in [0.2, 0.25) is 0 Å². The molecule has 0 aromatic heterocycles. The molecule has 60 valence electrons. The third kappa shape index (κ3) is 1.05. The number of nitrogens with zero attached hydrogens (tertiary/aromatic N) is 3. The van der Waals surface area contributed by atoms with E-state index < -0.39 is 0 Å². The Morgan fingerprint density at radius 2 is 2.42 bits per heavy atom. The van der Waals surface area contributed by atoms with Crippen LogP contribution in [0, 0.1) is 0 Å². The van der Waals surface area contributed by atoms with E-state index in [4.69, 9.17) is 0 Å². The van der Waals surface area contributed by atoms with Crippen molar-refractivity contribution in [3.8, 4) is 0 Å². The Labute approximate surface area is 68.6 Å². The summed E-state index contributed by atoms with van der Waals surface area (Å²) < 4.78 is 0. The van der Waals surface area contributed by atoms with Crippen molar-refractivity contribution in [2.45, 2.75) is 0 Å². The molecular formula is C7H6N4O. The molecule has 0 aromatic rings. The standard InChI is InChI=1S/C7H6N4O/c12-7-5-2-1-3-10-11-6(5)8-4-9-7/h1-3H,4H2,(H,9,12). The van der Waals surface area contributed by atoms with Crippen molar-refractivity contribution < 1.29 is 4.79 Å². The van der Waals surface area contributed by atoms with Crippen molar-refractivity contribution in [2.75, 3.05) is 6.67 Å². The first kappa shape index (κ1) is 6.90. The van der Waals surface area contributed by atoms with E-state index in [0.29, 0.717) is 11.4 Å². The maximum atomic E-state index is 11.2. The van der Waals surface area contributed by atoms with Crippen molar-refractivity contribution in [2.24, 2.45) is 15.2 Å². The van der Waals surface area contributed by atoms with Gasteiger partial charge < -0.3 is 5.32 Å². The molecule has 0 spiro atoms. The Kier molecular flexibility index (Phi) is 1.55. The fraction of sp³-hybridized carbons (Fsp3) is 0.143. The Balaban J connectivity index is 2.48. The summed E-state index contributed by atoms with van der Waals surface area (Å²) in [5.74, 6) is 0.259. The minimum absolute atomic E-state index is 0.148. The Morgan fingerprint density at radius 1 is 1.50 bits per heavy atom. The summed E-state index contributed by atoms with van der Waals surface area (Å²) in [6.07, 6.45) is 4.82. The fourth-order valence-corrected chi connectivity index (χ4v) is 0.970. The second-order valence-corrected chi connectivity index (χ2v) is 2.28. The topological polar surface area (TPSA) is 66.2 Å². The first-order valence-corrected chi connectivity index (χ1v) is 3.48. The van der Waals surface area contributed by atoms with Gasteiger partial charge in [-0.05, 0) is 12.2 Å². The number of rotatable bonds is 0. The number of fused-ring (bicyclic) bond motifs is 1. The number of nitrogens with one attached hydrogen (secondary N) is 1. The molecule has 0 bridgehead atoms. The van der Waals surface area contributed by atoms with Crippen molar-refractivity contribution >= 4 is 11.7 Å².